The highest BCUT2D eigenvalue weighted by Crippen LogP contribution is 2.33. The summed E-state index contributed by atoms with van der Waals surface area (Å²) in [5.41, 5.74) is 4.59. The molecule has 1 heterocycles. The largest absolute Gasteiger partial charge is 0.481 e. The highest BCUT2D eigenvalue weighted by Gasteiger charge is 2.25. The Kier molecular flexibility index (Phi) is 8.49. The fraction of sp³-hybridized carbons (Fsp3) is 0.323. The molecule has 3 aromatic carbocycles. The van der Waals surface area contributed by atoms with E-state index in [0.29, 0.717) is 23.8 Å². The number of tetrazole rings is 1. The van der Waals surface area contributed by atoms with Gasteiger partial charge in [0, 0.05) is 11.3 Å². The van der Waals surface area contributed by atoms with Crippen molar-refractivity contribution in [3.05, 3.63) is 95.1 Å². The number of rotatable bonds is 9. The van der Waals surface area contributed by atoms with Crippen LogP contribution in [-0.4, -0.2) is 38.5 Å². The molecular weight excluding hydrogens is 504 g/mol. The zero-order valence-corrected chi connectivity index (χ0v) is 22.8. The number of benzene rings is 3. The van der Waals surface area contributed by atoms with Crippen LogP contribution < -0.4 is 15.0 Å². The molecule has 40 heavy (non-hydrogen) atoms. The molecule has 1 atom stereocenters. The highest BCUT2D eigenvalue weighted by molar-refractivity contribution is 6.03. The summed E-state index contributed by atoms with van der Waals surface area (Å²) in [6, 6.07) is 23.2. The van der Waals surface area contributed by atoms with Gasteiger partial charge in [0.25, 0.3) is 17.8 Å². The van der Waals surface area contributed by atoms with Gasteiger partial charge in [-0.1, -0.05) is 66.3 Å². The van der Waals surface area contributed by atoms with E-state index in [2.05, 4.69) is 38.1 Å². The Morgan fingerprint density at radius 3 is 2.33 bits per heavy atom. The fourth-order valence-electron chi connectivity index (χ4n) is 5.08. The van der Waals surface area contributed by atoms with Crippen LogP contribution in [0, 0.1) is 6.92 Å². The maximum atomic E-state index is 13.8. The Labute approximate surface area is 233 Å². The molecule has 0 aliphatic heterocycles. The molecule has 4 aromatic rings. The predicted octanol–water partition coefficient (Wildman–Crippen LogP) is 5.81. The van der Waals surface area contributed by atoms with E-state index in [4.69, 9.17) is 4.74 Å². The van der Waals surface area contributed by atoms with Crippen LogP contribution in [-0.2, 0) is 11.3 Å². The number of carbonyl (C=O) groups is 2. The lowest BCUT2D eigenvalue weighted by Gasteiger charge is -2.28. The number of H-pyrrole nitrogens is 1. The topological polar surface area (TPSA) is 113 Å². The molecule has 1 unspecified atom stereocenters. The molecule has 1 aliphatic carbocycles. The number of nitrogens with zero attached hydrogens (tertiary/aromatic N) is 4. The first kappa shape index (κ1) is 27.1. The number of carbonyl (C=O) groups excluding carboxylic acids is 2. The number of aromatic amines is 1. The molecule has 0 radical (unpaired) electrons. The highest BCUT2D eigenvalue weighted by atomic mass is 16.5. The second kappa shape index (κ2) is 12.5. The molecular formula is C31H34N6O3. The first-order chi connectivity index (χ1) is 19.5. The van der Waals surface area contributed by atoms with Crippen LogP contribution in [0.1, 0.15) is 72.0 Å². The number of hydrogen-bond donors (Lipinski definition) is 2. The number of ether oxygens (including phenoxy) is 1. The second-order valence-corrected chi connectivity index (χ2v) is 10.3. The van der Waals surface area contributed by atoms with E-state index in [1.807, 2.05) is 55.5 Å². The van der Waals surface area contributed by atoms with Crippen molar-refractivity contribution in [1.29, 1.82) is 0 Å². The number of aryl methyl sites for hydroxylation is 1. The van der Waals surface area contributed by atoms with Crippen LogP contribution in [0.5, 0.6) is 5.75 Å². The minimum absolute atomic E-state index is 0.102. The molecule has 0 spiro atoms. The number of nitrogens with one attached hydrogen (secondary N) is 2. The van der Waals surface area contributed by atoms with Crippen LogP contribution >= 0.6 is 0 Å². The Morgan fingerprint density at radius 2 is 1.68 bits per heavy atom. The van der Waals surface area contributed by atoms with Crippen LogP contribution in [0.2, 0.25) is 0 Å². The molecule has 1 aromatic heterocycles. The third kappa shape index (κ3) is 6.72. The van der Waals surface area contributed by atoms with Crippen LogP contribution in [0.3, 0.4) is 0 Å². The predicted molar refractivity (Wildman–Crippen MR) is 153 cm³/mol. The van der Waals surface area contributed by atoms with Crippen molar-refractivity contribution in [1.82, 2.24) is 20.6 Å². The smallest absolute Gasteiger partial charge is 0.270 e. The molecule has 2 N–H and O–H groups in total. The van der Waals surface area contributed by atoms with Gasteiger partial charge in [0.05, 0.1) is 6.54 Å². The Balaban J connectivity index is 1.34. The van der Waals surface area contributed by atoms with Gasteiger partial charge in [-0.25, -0.2) is 0 Å². The van der Waals surface area contributed by atoms with Crippen LogP contribution in [0.15, 0.2) is 72.8 Å². The summed E-state index contributed by atoms with van der Waals surface area (Å²) in [5, 5.41) is 15.8. The van der Waals surface area contributed by atoms with E-state index < -0.39 is 6.10 Å². The molecule has 1 aliphatic rings. The van der Waals surface area contributed by atoms with Gasteiger partial charge < -0.3 is 9.64 Å². The monoisotopic (exact) mass is 538 g/mol. The zero-order chi connectivity index (χ0) is 27.9. The van der Waals surface area contributed by atoms with Gasteiger partial charge in [-0.05, 0) is 85.3 Å². The summed E-state index contributed by atoms with van der Waals surface area (Å²) < 4.78 is 6.03. The minimum Gasteiger partial charge on any atom is -0.481 e. The van der Waals surface area contributed by atoms with Gasteiger partial charge in [0.2, 0.25) is 0 Å². The summed E-state index contributed by atoms with van der Waals surface area (Å²) in [6.45, 7) is 4.12. The molecule has 9 nitrogen and oxygen atoms in total. The third-order valence-electron chi connectivity index (χ3n) is 7.36. The fourth-order valence-corrected chi connectivity index (χ4v) is 5.08. The lowest BCUT2D eigenvalue weighted by Crippen LogP contribution is -2.40. The zero-order valence-electron chi connectivity index (χ0n) is 22.8. The van der Waals surface area contributed by atoms with Crippen molar-refractivity contribution in [3.63, 3.8) is 0 Å². The molecule has 206 valence electrons. The average molecular weight is 539 g/mol. The van der Waals surface area contributed by atoms with Crippen molar-refractivity contribution < 1.29 is 14.3 Å². The number of aromatic nitrogens is 4. The summed E-state index contributed by atoms with van der Waals surface area (Å²) in [5.74, 6) is 0.840. The minimum atomic E-state index is -0.694. The van der Waals surface area contributed by atoms with Crippen molar-refractivity contribution in [2.75, 3.05) is 10.2 Å². The number of amides is 2. The summed E-state index contributed by atoms with van der Waals surface area (Å²) >= 11 is 0. The van der Waals surface area contributed by atoms with E-state index in [9.17, 15) is 9.59 Å². The standard InChI is InChI=1S/C31H34N6O3/c1-21-8-18-28(19-9-21)40-22(2)30(39)37(27-16-14-25(15-17-27)24-6-4-3-5-7-24)20-23-10-12-26(13-11-23)29(38)32-31-33-35-36-34-31/h8-19,22,24H,3-7,20H2,1-2H3,(H2,32,33,34,35,36,38). The normalized spacial score (nSPS) is 14.3. The summed E-state index contributed by atoms with van der Waals surface area (Å²) in [4.78, 5) is 28.0. The van der Waals surface area contributed by atoms with E-state index in [-0.39, 0.29) is 17.8 Å². The second-order valence-electron chi connectivity index (χ2n) is 10.3. The van der Waals surface area contributed by atoms with Crippen molar-refractivity contribution in [3.8, 4) is 5.75 Å². The molecule has 1 fully saturated rings. The van der Waals surface area contributed by atoms with E-state index in [1.54, 1.807) is 24.0 Å². The van der Waals surface area contributed by atoms with E-state index in [1.165, 1.54) is 37.7 Å². The van der Waals surface area contributed by atoms with Crippen molar-refractivity contribution in [2.24, 2.45) is 0 Å². The van der Waals surface area contributed by atoms with Crippen LogP contribution in [0.4, 0.5) is 11.6 Å². The SMILES string of the molecule is Cc1ccc(OC(C)C(=O)N(Cc2ccc(C(=O)Nc3nn[nH]n3)cc2)c2ccc(C3CCCCC3)cc2)cc1. The summed E-state index contributed by atoms with van der Waals surface area (Å²) in [7, 11) is 0. The molecule has 0 saturated heterocycles. The summed E-state index contributed by atoms with van der Waals surface area (Å²) in [6.07, 6.45) is 5.60. The van der Waals surface area contributed by atoms with E-state index >= 15 is 0 Å². The first-order valence-electron chi connectivity index (χ1n) is 13.7. The van der Waals surface area contributed by atoms with Crippen molar-refractivity contribution >= 4 is 23.5 Å². The third-order valence-corrected chi connectivity index (χ3v) is 7.36. The quantitative estimate of drug-likeness (QED) is 0.278. The maximum Gasteiger partial charge on any atom is 0.270 e. The molecule has 0 bridgehead atoms. The Hall–Kier alpha value is -4.53. The van der Waals surface area contributed by atoms with Gasteiger partial charge in [0.1, 0.15) is 5.75 Å². The Bertz CT molecular complexity index is 1400. The van der Waals surface area contributed by atoms with Crippen LogP contribution in [0.25, 0.3) is 0 Å². The number of anilines is 2. The molecule has 5 rings (SSSR count). The van der Waals surface area contributed by atoms with Gasteiger partial charge in [0.15, 0.2) is 6.10 Å². The van der Waals surface area contributed by atoms with Gasteiger partial charge in [-0.15, -0.1) is 5.10 Å². The van der Waals surface area contributed by atoms with Gasteiger partial charge >= 0.3 is 0 Å². The lowest BCUT2D eigenvalue weighted by molar-refractivity contribution is -0.124. The van der Waals surface area contributed by atoms with Crippen molar-refractivity contribution in [2.45, 2.75) is 64.5 Å². The first-order valence-corrected chi connectivity index (χ1v) is 13.7. The van der Waals surface area contributed by atoms with Gasteiger partial charge in [-0.2, -0.15) is 5.21 Å². The van der Waals surface area contributed by atoms with E-state index in [0.717, 1.165) is 16.8 Å². The maximum absolute atomic E-state index is 13.8. The number of hydrogen-bond acceptors (Lipinski definition) is 6. The molecule has 2 amide bonds. The van der Waals surface area contributed by atoms with Gasteiger partial charge in [-0.3, -0.25) is 14.9 Å². The average Bonchev–Trinajstić information content (AvgIpc) is 3.50. The lowest BCUT2D eigenvalue weighted by atomic mass is 9.84. The molecule has 1 saturated carbocycles. The molecule has 9 heteroatoms. The Morgan fingerprint density at radius 1 is 0.975 bits per heavy atom.